The van der Waals surface area contributed by atoms with Crippen LogP contribution in [-0.2, 0) is 28.6 Å². The van der Waals surface area contributed by atoms with Gasteiger partial charge in [-0.2, -0.15) is 0 Å². The highest BCUT2D eigenvalue weighted by molar-refractivity contribution is 5.71. The first-order valence-electron chi connectivity index (χ1n) is 31.4. The molecule has 0 aliphatic rings. The van der Waals surface area contributed by atoms with Gasteiger partial charge in [0.15, 0.2) is 6.10 Å². The van der Waals surface area contributed by atoms with Gasteiger partial charge < -0.3 is 14.2 Å². The molecule has 0 aromatic heterocycles. The number of hydrogen-bond donors (Lipinski definition) is 0. The predicted molar refractivity (Wildman–Crippen MR) is 325 cm³/mol. The monoisotopic (exact) mass is 1040 g/mol. The Hall–Kier alpha value is -3.93. The Morgan fingerprint density at radius 2 is 0.507 bits per heavy atom. The van der Waals surface area contributed by atoms with Crippen LogP contribution in [0.25, 0.3) is 0 Å². The molecule has 0 aromatic rings. The Labute approximate surface area is 463 Å². The lowest BCUT2D eigenvalue weighted by Crippen LogP contribution is -2.30. The van der Waals surface area contributed by atoms with E-state index in [1.165, 1.54) is 154 Å². The molecule has 0 heterocycles. The number of unbranched alkanes of at least 4 members (excludes halogenated alkanes) is 27. The predicted octanol–water partition coefficient (Wildman–Crippen LogP) is 21.4. The van der Waals surface area contributed by atoms with Gasteiger partial charge in [-0.3, -0.25) is 14.4 Å². The lowest BCUT2D eigenvalue weighted by atomic mass is 10.0. The van der Waals surface area contributed by atoms with Crippen molar-refractivity contribution in [3.63, 3.8) is 0 Å². The summed E-state index contributed by atoms with van der Waals surface area (Å²) >= 11 is 0. The molecule has 0 saturated carbocycles. The fourth-order valence-electron chi connectivity index (χ4n) is 8.49. The van der Waals surface area contributed by atoms with Gasteiger partial charge >= 0.3 is 17.9 Å². The molecule has 0 rings (SSSR count). The van der Waals surface area contributed by atoms with Gasteiger partial charge in [0.1, 0.15) is 13.2 Å². The zero-order valence-corrected chi connectivity index (χ0v) is 49.0. The number of allylic oxidation sites excluding steroid dienone is 18. The van der Waals surface area contributed by atoms with Crippen LogP contribution in [-0.4, -0.2) is 37.2 Å². The number of ether oxygens (including phenoxy) is 3. The summed E-state index contributed by atoms with van der Waals surface area (Å²) in [6.45, 7) is 6.51. The summed E-state index contributed by atoms with van der Waals surface area (Å²) in [5.74, 6) is -1.01. The molecule has 0 aliphatic carbocycles. The molecule has 75 heavy (non-hydrogen) atoms. The number of esters is 3. The molecule has 0 aromatic carbocycles. The van der Waals surface area contributed by atoms with Crippen LogP contribution in [0.3, 0.4) is 0 Å². The fourth-order valence-corrected chi connectivity index (χ4v) is 8.49. The van der Waals surface area contributed by atoms with Crippen LogP contribution in [0.5, 0.6) is 0 Å². The first kappa shape index (κ1) is 71.1. The molecule has 6 heteroatoms. The Kier molecular flexibility index (Phi) is 59.3. The molecule has 0 aliphatic heterocycles. The maximum atomic E-state index is 12.9. The lowest BCUT2D eigenvalue weighted by Gasteiger charge is -2.18. The van der Waals surface area contributed by atoms with Crippen molar-refractivity contribution in [2.24, 2.45) is 0 Å². The van der Waals surface area contributed by atoms with Gasteiger partial charge in [-0.1, -0.05) is 259 Å². The summed E-state index contributed by atoms with van der Waals surface area (Å²) < 4.78 is 16.8. The molecule has 0 bridgehead atoms. The normalized spacial score (nSPS) is 12.8. The molecule has 0 saturated heterocycles. The molecule has 6 nitrogen and oxygen atoms in total. The van der Waals surface area contributed by atoms with Gasteiger partial charge in [-0.25, -0.2) is 0 Å². The SMILES string of the molecule is CCCCC/C=C\C/C=C\C/C=C\C/C=C\C/C=C\CCC(=O)OC[C@H](COC(=O)CCCCCC/C=C\C/C=C\C/C=C\CCCCC)OC(=O)CCCCCCCCCCCCC/C=C\CCCCCCCC. The highest BCUT2D eigenvalue weighted by atomic mass is 16.6. The van der Waals surface area contributed by atoms with E-state index in [2.05, 4.69) is 124 Å². The van der Waals surface area contributed by atoms with E-state index in [9.17, 15) is 14.4 Å². The summed E-state index contributed by atoms with van der Waals surface area (Å²) in [4.78, 5) is 38.3. The maximum absolute atomic E-state index is 12.9. The van der Waals surface area contributed by atoms with Crippen molar-refractivity contribution >= 4 is 17.9 Å². The van der Waals surface area contributed by atoms with Crippen LogP contribution in [0.15, 0.2) is 109 Å². The smallest absolute Gasteiger partial charge is 0.306 e. The second-order valence-electron chi connectivity index (χ2n) is 20.6. The van der Waals surface area contributed by atoms with E-state index in [0.717, 1.165) is 89.9 Å². The van der Waals surface area contributed by atoms with Gasteiger partial charge in [-0.05, 0) is 122 Å². The third-order valence-electron chi connectivity index (χ3n) is 13.2. The van der Waals surface area contributed by atoms with Gasteiger partial charge in [0.2, 0.25) is 0 Å². The summed E-state index contributed by atoms with van der Waals surface area (Å²) in [6.07, 6.45) is 85.2. The lowest BCUT2D eigenvalue weighted by molar-refractivity contribution is -0.166. The first-order chi connectivity index (χ1) is 37.0. The fraction of sp³-hybridized carbons (Fsp3) is 0.696. The van der Waals surface area contributed by atoms with Crippen LogP contribution in [0.2, 0.25) is 0 Å². The zero-order valence-electron chi connectivity index (χ0n) is 49.0. The number of carbonyl (C=O) groups is 3. The van der Waals surface area contributed by atoms with Gasteiger partial charge in [0, 0.05) is 19.3 Å². The molecule has 0 fully saturated rings. The molecule has 0 amide bonds. The van der Waals surface area contributed by atoms with Crippen molar-refractivity contribution in [2.75, 3.05) is 13.2 Å². The van der Waals surface area contributed by atoms with Crippen molar-refractivity contribution in [3.8, 4) is 0 Å². The van der Waals surface area contributed by atoms with Crippen LogP contribution in [0.1, 0.15) is 290 Å². The second-order valence-corrected chi connectivity index (χ2v) is 20.6. The quantitative estimate of drug-likeness (QED) is 0.0261. The Morgan fingerprint density at radius 1 is 0.267 bits per heavy atom. The summed E-state index contributed by atoms with van der Waals surface area (Å²) in [7, 11) is 0. The highest BCUT2D eigenvalue weighted by Crippen LogP contribution is 2.15. The molecule has 0 spiro atoms. The molecule has 0 N–H and O–H groups in total. The molecule has 0 unspecified atom stereocenters. The first-order valence-corrected chi connectivity index (χ1v) is 31.4. The standard InChI is InChI=1S/C69H116O6/c1-4-7-10-13-16-19-22-25-28-31-33-34-36-39-42-45-48-51-54-57-60-63-69(72)75-66(64-73-67(70)61-58-55-52-49-46-43-40-37-30-27-24-21-18-15-12-9-6-3)65-74-68(71)62-59-56-53-50-47-44-41-38-35-32-29-26-23-20-17-14-11-8-5-2/h17-18,20-21,25-30,35,38,40,43-44,47,53,56,66H,4-16,19,22-24,31-34,36-37,39,41-42,45-46,48-52,54-55,57-65H2,1-3H3/b20-17-,21-18-,28-25-,29-26-,30-27-,38-35-,43-40-,47-44-,56-53-/t66-/m0/s1. The minimum Gasteiger partial charge on any atom is -0.462 e. The topological polar surface area (TPSA) is 78.9 Å². The summed E-state index contributed by atoms with van der Waals surface area (Å²) in [5, 5.41) is 0. The summed E-state index contributed by atoms with van der Waals surface area (Å²) in [6, 6.07) is 0. The van der Waals surface area contributed by atoms with E-state index in [4.69, 9.17) is 14.2 Å². The van der Waals surface area contributed by atoms with Crippen molar-refractivity contribution in [1.82, 2.24) is 0 Å². The van der Waals surface area contributed by atoms with Crippen LogP contribution >= 0.6 is 0 Å². The van der Waals surface area contributed by atoms with Gasteiger partial charge in [0.25, 0.3) is 0 Å². The Morgan fingerprint density at radius 3 is 0.867 bits per heavy atom. The summed E-state index contributed by atoms with van der Waals surface area (Å²) in [5.41, 5.74) is 0. The number of carbonyl (C=O) groups excluding carboxylic acids is 3. The van der Waals surface area contributed by atoms with E-state index in [-0.39, 0.29) is 37.5 Å². The van der Waals surface area contributed by atoms with Crippen molar-refractivity contribution < 1.29 is 28.6 Å². The van der Waals surface area contributed by atoms with E-state index in [0.29, 0.717) is 19.3 Å². The average molecular weight is 1040 g/mol. The van der Waals surface area contributed by atoms with E-state index in [1.54, 1.807) is 0 Å². The minimum absolute atomic E-state index is 0.113. The second kappa shape index (κ2) is 62.6. The maximum Gasteiger partial charge on any atom is 0.306 e. The van der Waals surface area contributed by atoms with E-state index >= 15 is 0 Å². The molecule has 0 radical (unpaired) electrons. The minimum atomic E-state index is -0.821. The van der Waals surface area contributed by atoms with E-state index < -0.39 is 6.10 Å². The van der Waals surface area contributed by atoms with Crippen molar-refractivity contribution in [2.45, 2.75) is 297 Å². The van der Waals surface area contributed by atoms with Crippen LogP contribution < -0.4 is 0 Å². The number of rotatable bonds is 56. The van der Waals surface area contributed by atoms with Gasteiger partial charge in [0.05, 0.1) is 0 Å². The van der Waals surface area contributed by atoms with Crippen molar-refractivity contribution in [3.05, 3.63) is 109 Å². The third-order valence-corrected chi connectivity index (χ3v) is 13.2. The largest absolute Gasteiger partial charge is 0.462 e. The Bertz CT molecular complexity index is 1520. The van der Waals surface area contributed by atoms with E-state index in [1.807, 2.05) is 6.08 Å². The highest BCUT2D eigenvalue weighted by Gasteiger charge is 2.19. The Balaban J connectivity index is 4.51. The van der Waals surface area contributed by atoms with Gasteiger partial charge in [-0.15, -0.1) is 0 Å². The molecular weight excluding hydrogens is 925 g/mol. The molecule has 1 atom stereocenters. The third kappa shape index (κ3) is 60.8. The van der Waals surface area contributed by atoms with Crippen LogP contribution in [0.4, 0.5) is 0 Å². The van der Waals surface area contributed by atoms with Crippen LogP contribution in [0, 0.1) is 0 Å². The average Bonchev–Trinajstić information content (AvgIpc) is 3.41. The molecular formula is C69H116O6. The van der Waals surface area contributed by atoms with Crippen molar-refractivity contribution in [1.29, 1.82) is 0 Å². The number of hydrogen-bond acceptors (Lipinski definition) is 6. The zero-order chi connectivity index (χ0) is 54.3. The molecule has 428 valence electrons.